The van der Waals surface area contributed by atoms with Crippen molar-refractivity contribution in [1.82, 2.24) is 15.5 Å². The van der Waals surface area contributed by atoms with Gasteiger partial charge in [0.05, 0.1) is 12.8 Å². The van der Waals surface area contributed by atoms with Crippen molar-refractivity contribution in [1.29, 1.82) is 0 Å². The minimum absolute atomic E-state index is 0.0425. The molecule has 2 N–H and O–H groups in total. The van der Waals surface area contributed by atoms with Crippen molar-refractivity contribution >= 4 is 6.21 Å². The molecule has 8 nitrogen and oxygen atoms in total. The third-order valence-electron chi connectivity index (χ3n) is 4.31. The molecule has 2 aromatic heterocycles. The van der Waals surface area contributed by atoms with Gasteiger partial charge in [-0.3, -0.25) is 15.2 Å². The number of pyridine rings is 2. The molecular weight excluding hydrogens is 332 g/mol. The minimum atomic E-state index is -0.0425. The Kier molecular flexibility index (Phi) is 6.48. The number of aromatic nitrogens is 2. The molecule has 1 saturated heterocycles. The standard InChI is InChI=1S/C18H24N6O2/c25-23-11-3-1-5-16(23)15-20-8-7-19-9-13-22-14-10-21-18(22)17-6-2-4-12-24(17)26/h1-6,11-12,15,18-19,21H,7-10,13-14H2. The lowest BCUT2D eigenvalue weighted by molar-refractivity contribution is -0.617. The van der Waals surface area contributed by atoms with E-state index in [9.17, 15) is 10.4 Å². The summed E-state index contributed by atoms with van der Waals surface area (Å²) >= 11 is 0. The lowest BCUT2D eigenvalue weighted by Crippen LogP contribution is -2.42. The fourth-order valence-corrected chi connectivity index (χ4v) is 2.98. The molecule has 1 aliphatic rings. The Balaban J connectivity index is 1.38. The number of aliphatic imine (C=N–C) groups is 1. The van der Waals surface area contributed by atoms with Gasteiger partial charge in [0.25, 0.3) is 0 Å². The summed E-state index contributed by atoms with van der Waals surface area (Å²) in [5.74, 6) is 0. The molecule has 1 aliphatic heterocycles. The quantitative estimate of drug-likeness (QED) is 0.290. The van der Waals surface area contributed by atoms with Crippen LogP contribution in [0.15, 0.2) is 53.8 Å². The van der Waals surface area contributed by atoms with E-state index in [1.807, 2.05) is 18.2 Å². The van der Waals surface area contributed by atoms with Gasteiger partial charge in [-0.1, -0.05) is 0 Å². The summed E-state index contributed by atoms with van der Waals surface area (Å²) in [6.07, 6.45) is 4.54. The zero-order valence-corrected chi connectivity index (χ0v) is 14.6. The lowest BCUT2D eigenvalue weighted by Gasteiger charge is -2.22. The van der Waals surface area contributed by atoms with Crippen LogP contribution in [0.1, 0.15) is 17.6 Å². The SMILES string of the molecule is [O-][n+]1ccccc1C=NCCNCCN1CCNC1c1cccc[n+]1[O-]. The Hall–Kier alpha value is -2.55. The first kappa shape index (κ1) is 18.2. The Morgan fingerprint density at radius 1 is 1.15 bits per heavy atom. The van der Waals surface area contributed by atoms with E-state index >= 15 is 0 Å². The zero-order valence-electron chi connectivity index (χ0n) is 14.6. The normalized spacial score (nSPS) is 17.9. The van der Waals surface area contributed by atoms with Gasteiger partial charge in [0, 0.05) is 57.0 Å². The van der Waals surface area contributed by atoms with E-state index in [4.69, 9.17) is 0 Å². The summed E-state index contributed by atoms with van der Waals surface area (Å²) in [4.78, 5) is 6.52. The molecule has 8 heteroatoms. The monoisotopic (exact) mass is 356 g/mol. The smallest absolute Gasteiger partial charge is 0.234 e. The van der Waals surface area contributed by atoms with Crippen LogP contribution in [0.25, 0.3) is 0 Å². The fraction of sp³-hybridized carbons (Fsp3) is 0.389. The van der Waals surface area contributed by atoms with Gasteiger partial charge in [-0.05, 0) is 12.1 Å². The van der Waals surface area contributed by atoms with Crippen LogP contribution in [-0.2, 0) is 0 Å². The second-order valence-electron chi connectivity index (χ2n) is 6.08. The van der Waals surface area contributed by atoms with E-state index in [-0.39, 0.29) is 6.17 Å². The van der Waals surface area contributed by atoms with Gasteiger partial charge in [-0.2, -0.15) is 9.46 Å². The summed E-state index contributed by atoms with van der Waals surface area (Å²) in [5.41, 5.74) is 1.26. The lowest BCUT2D eigenvalue weighted by atomic mass is 10.3. The van der Waals surface area contributed by atoms with Crippen molar-refractivity contribution in [2.75, 3.05) is 39.3 Å². The molecule has 2 aromatic rings. The molecule has 0 bridgehead atoms. The van der Waals surface area contributed by atoms with Crippen molar-refractivity contribution in [2.24, 2.45) is 4.99 Å². The van der Waals surface area contributed by atoms with E-state index in [0.29, 0.717) is 12.2 Å². The summed E-state index contributed by atoms with van der Waals surface area (Å²) in [5, 5.41) is 30.1. The Morgan fingerprint density at radius 2 is 1.96 bits per heavy atom. The maximum Gasteiger partial charge on any atom is 0.234 e. The van der Waals surface area contributed by atoms with Crippen LogP contribution >= 0.6 is 0 Å². The van der Waals surface area contributed by atoms with Gasteiger partial charge in [-0.15, -0.1) is 0 Å². The van der Waals surface area contributed by atoms with E-state index < -0.39 is 0 Å². The Morgan fingerprint density at radius 3 is 2.77 bits per heavy atom. The summed E-state index contributed by atoms with van der Waals surface area (Å²) in [7, 11) is 0. The number of hydrogen-bond acceptors (Lipinski definition) is 6. The van der Waals surface area contributed by atoms with E-state index in [1.54, 1.807) is 24.4 Å². The van der Waals surface area contributed by atoms with E-state index in [0.717, 1.165) is 47.9 Å². The zero-order chi connectivity index (χ0) is 18.2. The molecule has 3 rings (SSSR count). The highest BCUT2D eigenvalue weighted by molar-refractivity contribution is 5.74. The first-order chi connectivity index (χ1) is 12.8. The topological polar surface area (TPSA) is 93.5 Å². The molecule has 1 atom stereocenters. The largest absolute Gasteiger partial charge is 0.618 e. The molecule has 0 aromatic carbocycles. The van der Waals surface area contributed by atoms with Crippen LogP contribution in [0.5, 0.6) is 0 Å². The van der Waals surface area contributed by atoms with Gasteiger partial charge in [-0.25, -0.2) is 0 Å². The number of nitrogens with zero attached hydrogens (tertiary/aromatic N) is 4. The van der Waals surface area contributed by atoms with Gasteiger partial charge < -0.3 is 15.7 Å². The molecule has 3 heterocycles. The third kappa shape index (κ3) is 4.75. The Labute approximate surface area is 153 Å². The highest BCUT2D eigenvalue weighted by atomic mass is 16.5. The summed E-state index contributed by atoms with van der Waals surface area (Å²) < 4.78 is 1.72. The molecule has 0 aliphatic carbocycles. The van der Waals surface area contributed by atoms with Gasteiger partial charge in [0.2, 0.25) is 11.4 Å². The molecular formula is C18H24N6O2. The van der Waals surface area contributed by atoms with Crippen LogP contribution in [0.4, 0.5) is 0 Å². The first-order valence-corrected chi connectivity index (χ1v) is 8.80. The average molecular weight is 356 g/mol. The van der Waals surface area contributed by atoms with Crippen LogP contribution in [0.3, 0.4) is 0 Å². The summed E-state index contributed by atoms with van der Waals surface area (Å²) in [6.45, 7) is 4.78. The van der Waals surface area contributed by atoms with Crippen molar-refractivity contribution in [2.45, 2.75) is 6.17 Å². The molecule has 26 heavy (non-hydrogen) atoms. The van der Waals surface area contributed by atoms with Crippen LogP contribution in [0, 0.1) is 10.4 Å². The molecule has 0 saturated carbocycles. The molecule has 138 valence electrons. The highest BCUT2D eigenvalue weighted by Gasteiger charge is 2.30. The van der Waals surface area contributed by atoms with Crippen LogP contribution in [-0.4, -0.2) is 50.4 Å². The Bertz CT molecular complexity index is 739. The van der Waals surface area contributed by atoms with Crippen LogP contribution in [0.2, 0.25) is 0 Å². The molecule has 1 unspecified atom stereocenters. The first-order valence-electron chi connectivity index (χ1n) is 8.80. The molecule has 0 amide bonds. The predicted molar refractivity (Wildman–Crippen MR) is 98.5 cm³/mol. The number of hydrogen-bond donors (Lipinski definition) is 2. The van der Waals surface area contributed by atoms with Gasteiger partial charge >= 0.3 is 0 Å². The average Bonchev–Trinajstić information content (AvgIpc) is 3.11. The van der Waals surface area contributed by atoms with E-state index in [2.05, 4.69) is 20.5 Å². The predicted octanol–water partition coefficient (Wildman–Crippen LogP) is -0.434. The molecule has 1 fully saturated rings. The molecule has 0 radical (unpaired) electrons. The summed E-state index contributed by atoms with van der Waals surface area (Å²) in [6, 6.07) is 10.7. The number of rotatable bonds is 8. The fourth-order valence-electron chi connectivity index (χ4n) is 2.98. The van der Waals surface area contributed by atoms with Crippen molar-refractivity contribution in [3.05, 3.63) is 70.6 Å². The van der Waals surface area contributed by atoms with Gasteiger partial charge in [0.15, 0.2) is 12.4 Å². The maximum absolute atomic E-state index is 11.9. The second kappa shape index (κ2) is 9.23. The third-order valence-corrected chi connectivity index (χ3v) is 4.31. The highest BCUT2D eigenvalue weighted by Crippen LogP contribution is 2.17. The van der Waals surface area contributed by atoms with Crippen molar-refractivity contribution < 1.29 is 9.46 Å². The van der Waals surface area contributed by atoms with E-state index in [1.165, 1.54) is 12.4 Å². The minimum Gasteiger partial charge on any atom is -0.618 e. The van der Waals surface area contributed by atoms with Crippen LogP contribution < -0.4 is 20.1 Å². The van der Waals surface area contributed by atoms with Crippen molar-refractivity contribution in [3.8, 4) is 0 Å². The second-order valence-corrected chi connectivity index (χ2v) is 6.08. The van der Waals surface area contributed by atoms with Crippen molar-refractivity contribution in [3.63, 3.8) is 0 Å². The number of nitrogens with one attached hydrogen (secondary N) is 2. The maximum atomic E-state index is 11.9. The van der Waals surface area contributed by atoms with Gasteiger partial charge in [0.1, 0.15) is 6.17 Å². The molecule has 0 spiro atoms.